The molecule has 0 saturated carbocycles. The molecule has 1 heterocycles. The predicted molar refractivity (Wildman–Crippen MR) is 93.5 cm³/mol. The number of hydrogen-bond acceptors (Lipinski definition) is 3. The van der Waals surface area contributed by atoms with E-state index in [1.807, 2.05) is 48.5 Å². The molecule has 1 aromatic heterocycles. The highest BCUT2D eigenvalue weighted by molar-refractivity contribution is 9.12. The summed E-state index contributed by atoms with van der Waals surface area (Å²) in [7, 11) is 0. The molecule has 0 fully saturated rings. The zero-order chi connectivity index (χ0) is 14.8. The number of hydrogen-bond donors (Lipinski definition) is 0. The van der Waals surface area contributed by atoms with Gasteiger partial charge < -0.3 is 4.74 Å². The topological polar surface area (TPSA) is 26.3 Å². The van der Waals surface area contributed by atoms with Crippen LogP contribution in [-0.2, 0) is 0 Å². The van der Waals surface area contributed by atoms with Gasteiger partial charge >= 0.3 is 0 Å². The van der Waals surface area contributed by atoms with Gasteiger partial charge in [-0.1, -0.05) is 36.4 Å². The van der Waals surface area contributed by atoms with Crippen LogP contribution in [0, 0.1) is 0 Å². The Balaban J connectivity index is 1.81. The normalized spacial score (nSPS) is 10.8. The van der Waals surface area contributed by atoms with Crippen molar-refractivity contribution in [3.63, 3.8) is 0 Å². The minimum Gasteiger partial charge on any atom is -0.485 e. The smallest absolute Gasteiger partial charge is 0.202 e. The van der Waals surface area contributed by atoms with Crippen molar-refractivity contribution in [2.24, 2.45) is 0 Å². The molecule has 0 N–H and O–H groups in total. The summed E-state index contributed by atoms with van der Waals surface area (Å²) in [4.78, 5) is 12.2. The first-order valence-corrected chi connectivity index (χ1v) is 8.64. The van der Waals surface area contributed by atoms with Crippen molar-refractivity contribution in [1.29, 1.82) is 0 Å². The summed E-state index contributed by atoms with van der Waals surface area (Å²) in [6, 6.07) is 15.6. The van der Waals surface area contributed by atoms with Crippen LogP contribution in [0.15, 0.2) is 56.1 Å². The third-order valence-corrected chi connectivity index (χ3v) is 5.40. The fourth-order valence-electron chi connectivity index (χ4n) is 2.07. The average Bonchev–Trinajstić information content (AvgIpc) is 2.83. The van der Waals surface area contributed by atoms with E-state index in [2.05, 4.69) is 31.9 Å². The van der Waals surface area contributed by atoms with Crippen LogP contribution >= 0.6 is 43.2 Å². The standard InChI is InChI=1S/C16H10Br2O2S/c17-15-8-12(16(18)21-15)13(19)9-20-14-7-3-5-10-4-1-2-6-11(10)14/h1-8H,9H2. The molecule has 0 bridgehead atoms. The zero-order valence-electron chi connectivity index (χ0n) is 10.8. The molecule has 0 aliphatic rings. The first-order chi connectivity index (χ1) is 10.1. The van der Waals surface area contributed by atoms with Gasteiger partial charge in [-0.3, -0.25) is 4.79 Å². The van der Waals surface area contributed by atoms with Gasteiger partial charge in [-0.15, -0.1) is 11.3 Å². The van der Waals surface area contributed by atoms with E-state index in [-0.39, 0.29) is 12.4 Å². The second kappa shape index (κ2) is 6.30. The van der Waals surface area contributed by atoms with Crippen LogP contribution < -0.4 is 4.74 Å². The number of ether oxygens (including phenoxy) is 1. The number of rotatable bonds is 4. The van der Waals surface area contributed by atoms with Crippen molar-refractivity contribution in [2.75, 3.05) is 6.61 Å². The highest BCUT2D eigenvalue weighted by atomic mass is 79.9. The number of fused-ring (bicyclic) bond motifs is 1. The van der Waals surface area contributed by atoms with Crippen molar-refractivity contribution in [1.82, 2.24) is 0 Å². The Morgan fingerprint density at radius 1 is 1.10 bits per heavy atom. The largest absolute Gasteiger partial charge is 0.485 e. The SMILES string of the molecule is O=C(COc1cccc2ccccc12)c1cc(Br)sc1Br. The van der Waals surface area contributed by atoms with Crippen LogP contribution in [-0.4, -0.2) is 12.4 Å². The molecule has 0 unspecified atom stereocenters. The molecule has 0 aliphatic carbocycles. The van der Waals surface area contributed by atoms with Gasteiger partial charge in [-0.2, -0.15) is 0 Å². The molecule has 3 rings (SSSR count). The Bertz CT molecular complexity index is 806. The molecular formula is C16H10Br2O2S. The van der Waals surface area contributed by atoms with Gasteiger partial charge in [0.2, 0.25) is 5.78 Å². The van der Waals surface area contributed by atoms with Gasteiger partial charge in [0.15, 0.2) is 6.61 Å². The molecule has 0 aliphatic heterocycles. The maximum absolute atomic E-state index is 12.2. The minimum absolute atomic E-state index is 0.0236. The summed E-state index contributed by atoms with van der Waals surface area (Å²) in [5, 5.41) is 2.11. The van der Waals surface area contributed by atoms with Gasteiger partial charge in [0.05, 0.1) is 7.57 Å². The monoisotopic (exact) mass is 424 g/mol. The molecule has 0 atom stereocenters. The summed E-state index contributed by atoms with van der Waals surface area (Å²) in [5.74, 6) is 0.684. The molecule has 3 aromatic rings. The molecule has 0 radical (unpaired) electrons. The number of Topliss-reactive ketones (excluding diaryl/α,β-unsaturated/α-hetero) is 1. The lowest BCUT2D eigenvalue weighted by Crippen LogP contribution is -2.11. The van der Waals surface area contributed by atoms with E-state index < -0.39 is 0 Å². The third kappa shape index (κ3) is 3.20. The van der Waals surface area contributed by atoms with Crippen LogP contribution in [0.5, 0.6) is 5.75 Å². The Labute approximate surface area is 143 Å². The summed E-state index contributed by atoms with van der Waals surface area (Å²) >= 11 is 8.25. The zero-order valence-corrected chi connectivity index (χ0v) is 14.8. The van der Waals surface area contributed by atoms with E-state index in [0.717, 1.165) is 24.1 Å². The van der Waals surface area contributed by atoms with Crippen molar-refractivity contribution in [3.05, 3.63) is 61.7 Å². The second-order valence-electron chi connectivity index (χ2n) is 4.43. The first kappa shape index (κ1) is 14.8. The van der Waals surface area contributed by atoms with Crippen molar-refractivity contribution in [3.8, 4) is 5.75 Å². The van der Waals surface area contributed by atoms with E-state index in [9.17, 15) is 4.79 Å². The van der Waals surface area contributed by atoms with Gasteiger partial charge in [0, 0.05) is 10.9 Å². The lowest BCUT2D eigenvalue weighted by Gasteiger charge is -2.08. The first-order valence-electron chi connectivity index (χ1n) is 6.24. The predicted octanol–water partition coefficient (Wildman–Crippen LogP) is 5.69. The quantitative estimate of drug-likeness (QED) is 0.502. The molecule has 0 saturated heterocycles. The maximum atomic E-state index is 12.2. The van der Waals surface area contributed by atoms with Crippen LogP contribution in [0.1, 0.15) is 10.4 Å². The molecule has 106 valence electrons. The van der Waals surface area contributed by atoms with Crippen molar-refractivity contribution >= 4 is 59.8 Å². The highest BCUT2D eigenvalue weighted by Gasteiger charge is 2.14. The summed E-state index contributed by atoms with van der Waals surface area (Å²) in [6.07, 6.45) is 0. The van der Waals surface area contributed by atoms with Gasteiger partial charge in [-0.25, -0.2) is 0 Å². The number of halogens is 2. The second-order valence-corrected chi connectivity index (χ2v) is 8.18. The number of thiophene rings is 1. The molecule has 2 aromatic carbocycles. The summed E-state index contributed by atoms with van der Waals surface area (Å²) in [5.41, 5.74) is 0.645. The van der Waals surface area contributed by atoms with E-state index in [0.29, 0.717) is 5.56 Å². The van der Waals surface area contributed by atoms with Gasteiger partial charge in [-0.05, 0) is 49.4 Å². The van der Waals surface area contributed by atoms with E-state index in [1.54, 1.807) is 0 Å². The van der Waals surface area contributed by atoms with E-state index in [4.69, 9.17) is 4.74 Å². The molecular weight excluding hydrogens is 416 g/mol. The highest BCUT2D eigenvalue weighted by Crippen LogP contribution is 2.32. The van der Waals surface area contributed by atoms with Crippen LogP contribution in [0.3, 0.4) is 0 Å². The van der Waals surface area contributed by atoms with Gasteiger partial charge in [0.25, 0.3) is 0 Å². The number of benzene rings is 2. The molecule has 2 nitrogen and oxygen atoms in total. The molecule has 0 spiro atoms. The fraction of sp³-hybridized carbons (Fsp3) is 0.0625. The van der Waals surface area contributed by atoms with Crippen LogP contribution in [0.25, 0.3) is 10.8 Å². The Hall–Kier alpha value is -1.17. The Kier molecular flexibility index (Phi) is 4.42. The molecule has 0 amide bonds. The third-order valence-electron chi connectivity index (χ3n) is 3.07. The van der Waals surface area contributed by atoms with E-state index in [1.165, 1.54) is 11.3 Å². The maximum Gasteiger partial charge on any atom is 0.202 e. The Morgan fingerprint density at radius 2 is 1.86 bits per heavy atom. The lowest BCUT2D eigenvalue weighted by atomic mass is 10.1. The number of carbonyl (C=O) groups excluding carboxylic acids is 1. The average molecular weight is 426 g/mol. The van der Waals surface area contributed by atoms with Crippen LogP contribution in [0.4, 0.5) is 0 Å². The Morgan fingerprint density at radius 3 is 2.62 bits per heavy atom. The van der Waals surface area contributed by atoms with E-state index >= 15 is 0 Å². The lowest BCUT2D eigenvalue weighted by molar-refractivity contribution is 0.0922. The molecule has 5 heteroatoms. The fourth-order valence-corrected chi connectivity index (χ4v) is 4.93. The van der Waals surface area contributed by atoms with Crippen molar-refractivity contribution < 1.29 is 9.53 Å². The number of ketones is 1. The van der Waals surface area contributed by atoms with Gasteiger partial charge in [0.1, 0.15) is 5.75 Å². The number of carbonyl (C=O) groups is 1. The van der Waals surface area contributed by atoms with Crippen LogP contribution in [0.2, 0.25) is 0 Å². The summed E-state index contributed by atoms with van der Waals surface area (Å²) < 4.78 is 7.46. The summed E-state index contributed by atoms with van der Waals surface area (Å²) in [6.45, 7) is 0.0236. The van der Waals surface area contributed by atoms with Crippen molar-refractivity contribution in [2.45, 2.75) is 0 Å². The molecule has 21 heavy (non-hydrogen) atoms. The minimum atomic E-state index is -0.0447.